The van der Waals surface area contributed by atoms with Gasteiger partial charge in [0.25, 0.3) is 0 Å². The van der Waals surface area contributed by atoms with E-state index in [1.807, 2.05) is 25.2 Å². The van der Waals surface area contributed by atoms with Crippen molar-refractivity contribution in [3.63, 3.8) is 0 Å². The van der Waals surface area contributed by atoms with Crippen LogP contribution in [0.4, 0.5) is 5.13 Å². The summed E-state index contributed by atoms with van der Waals surface area (Å²) < 4.78 is 11.7. The number of nitrogens with one attached hydrogen (secondary N) is 2. The summed E-state index contributed by atoms with van der Waals surface area (Å²) >= 11 is 4.85. The van der Waals surface area contributed by atoms with Crippen molar-refractivity contribution in [1.29, 1.82) is 0 Å². The lowest BCUT2D eigenvalue weighted by Crippen LogP contribution is -1.93. The Labute approximate surface area is 160 Å². The summed E-state index contributed by atoms with van der Waals surface area (Å²) in [6.45, 7) is 0. The van der Waals surface area contributed by atoms with Crippen LogP contribution in [-0.4, -0.2) is 19.1 Å². The van der Waals surface area contributed by atoms with Gasteiger partial charge >= 0.3 is 0 Å². The average Bonchev–Trinajstić information content (AvgIpc) is 3.13. The number of methoxy groups -OCH3 is 1. The van der Waals surface area contributed by atoms with Crippen molar-refractivity contribution in [3.05, 3.63) is 59.6 Å². The molecule has 2 aromatic carbocycles. The third kappa shape index (κ3) is 4.92. The molecule has 0 amide bonds. The van der Waals surface area contributed by atoms with Crippen molar-refractivity contribution in [3.8, 4) is 16.9 Å². The molecule has 3 aromatic rings. The third-order valence-corrected chi connectivity index (χ3v) is 5.99. The van der Waals surface area contributed by atoms with Crippen molar-refractivity contribution < 1.29 is 4.74 Å². The van der Waals surface area contributed by atoms with Gasteiger partial charge in [0.15, 0.2) is 5.13 Å². The molecule has 0 atom stereocenters. The molecule has 0 bridgehead atoms. The fourth-order valence-corrected chi connectivity index (χ4v) is 4.33. The number of hydrogen-bond donors (Lipinski definition) is 2. The normalized spacial score (nSPS) is 10.6. The Morgan fingerprint density at radius 3 is 2.68 bits per heavy atom. The number of rotatable bonds is 8. The van der Waals surface area contributed by atoms with Crippen LogP contribution in [0.2, 0.25) is 0 Å². The summed E-state index contributed by atoms with van der Waals surface area (Å²) in [7, 11) is 3.60. The van der Waals surface area contributed by atoms with Crippen LogP contribution in [0.5, 0.6) is 5.75 Å². The van der Waals surface area contributed by atoms with E-state index in [4.69, 9.17) is 4.74 Å². The molecule has 0 aliphatic heterocycles. The van der Waals surface area contributed by atoms with Crippen molar-refractivity contribution in [1.82, 2.24) is 9.71 Å². The molecule has 0 saturated heterocycles. The van der Waals surface area contributed by atoms with E-state index in [1.54, 1.807) is 42.3 Å². The van der Waals surface area contributed by atoms with Gasteiger partial charge < -0.3 is 9.46 Å². The Hall–Kier alpha value is -1.67. The van der Waals surface area contributed by atoms with Crippen LogP contribution in [0.1, 0.15) is 5.69 Å². The van der Waals surface area contributed by atoms with Crippen LogP contribution in [-0.2, 0) is 5.75 Å². The molecular formula is C18H19N3OS3. The highest BCUT2D eigenvalue weighted by molar-refractivity contribution is 8.00. The molecule has 0 radical (unpaired) electrons. The highest BCUT2D eigenvalue weighted by atomic mass is 32.2. The number of thiazole rings is 1. The average molecular weight is 390 g/mol. The first kappa shape index (κ1) is 18.1. The van der Waals surface area contributed by atoms with Gasteiger partial charge in [-0.15, -0.1) is 11.3 Å². The molecule has 0 aliphatic rings. The predicted molar refractivity (Wildman–Crippen MR) is 110 cm³/mol. The second kappa shape index (κ2) is 9.15. The minimum atomic E-state index is 0.863. The van der Waals surface area contributed by atoms with Gasteiger partial charge in [-0.25, -0.2) is 4.98 Å². The highest BCUT2D eigenvalue weighted by Crippen LogP contribution is 2.33. The quantitative estimate of drug-likeness (QED) is 0.509. The third-order valence-electron chi connectivity index (χ3n) is 3.45. The van der Waals surface area contributed by atoms with Crippen molar-refractivity contribution in [2.45, 2.75) is 10.6 Å². The maximum absolute atomic E-state index is 5.24. The fraction of sp³-hybridized carbons (Fsp3) is 0.167. The standard InChI is InChI=1S/C18H19N3OS3/c1-19-24-12-14-11-23-18(20-14)21-25-17-6-4-3-5-16(17)13-7-9-15(22-2)10-8-13/h3-11,19H,12H2,1-2H3,(H,20,21). The zero-order valence-electron chi connectivity index (χ0n) is 14.0. The largest absolute Gasteiger partial charge is 0.497 e. The van der Waals surface area contributed by atoms with Gasteiger partial charge in [0.05, 0.1) is 18.6 Å². The molecule has 0 spiro atoms. The van der Waals surface area contributed by atoms with Crippen LogP contribution in [0.3, 0.4) is 0 Å². The van der Waals surface area contributed by atoms with Crippen LogP contribution in [0, 0.1) is 0 Å². The second-order valence-electron chi connectivity index (χ2n) is 5.07. The van der Waals surface area contributed by atoms with Gasteiger partial charge in [0, 0.05) is 10.3 Å². The lowest BCUT2D eigenvalue weighted by atomic mass is 10.1. The zero-order chi connectivity index (χ0) is 17.5. The Morgan fingerprint density at radius 1 is 1.12 bits per heavy atom. The molecule has 2 N–H and O–H groups in total. The number of benzene rings is 2. The molecule has 130 valence electrons. The van der Waals surface area contributed by atoms with Gasteiger partial charge in [0.1, 0.15) is 5.75 Å². The van der Waals surface area contributed by atoms with E-state index in [9.17, 15) is 0 Å². The smallest absolute Gasteiger partial charge is 0.193 e. The number of hydrogen-bond acceptors (Lipinski definition) is 7. The summed E-state index contributed by atoms with van der Waals surface area (Å²) in [6.07, 6.45) is 0. The summed E-state index contributed by atoms with van der Waals surface area (Å²) in [5.74, 6) is 1.73. The van der Waals surface area contributed by atoms with E-state index in [-0.39, 0.29) is 0 Å². The number of ether oxygens (including phenoxy) is 1. The van der Waals surface area contributed by atoms with Gasteiger partial charge in [-0.3, -0.25) is 4.72 Å². The topological polar surface area (TPSA) is 46.2 Å². The minimum absolute atomic E-state index is 0.863. The lowest BCUT2D eigenvalue weighted by molar-refractivity contribution is 0.415. The first-order valence-corrected chi connectivity index (χ1v) is 10.4. The van der Waals surface area contributed by atoms with Gasteiger partial charge in [0.2, 0.25) is 0 Å². The number of nitrogens with zero attached hydrogens (tertiary/aromatic N) is 1. The van der Waals surface area contributed by atoms with E-state index in [0.717, 1.165) is 32.8 Å². The van der Waals surface area contributed by atoms with Gasteiger partial charge in [-0.2, -0.15) is 0 Å². The minimum Gasteiger partial charge on any atom is -0.497 e. The van der Waals surface area contributed by atoms with Crippen LogP contribution in [0.25, 0.3) is 11.1 Å². The Balaban J connectivity index is 1.71. The molecule has 1 aromatic heterocycles. The molecule has 7 heteroatoms. The summed E-state index contributed by atoms with van der Waals surface area (Å²) in [5, 5.41) is 3.00. The molecule has 0 unspecified atom stereocenters. The predicted octanol–water partition coefficient (Wildman–Crippen LogP) is 5.31. The summed E-state index contributed by atoms with van der Waals surface area (Å²) in [4.78, 5) is 5.76. The van der Waals surface area contributed by atoms with E-state index < -0.39 is 0 Å². The highest BCUT2D eigenvalue weighted by Gasteiger charge is 2.08. The lowest BCUT2D eigenvalue weighted by Gasteiger charge is -2.10. The summed E-state index contributed by atoms with van der Waals surface area (Å²) in [5.41, 5.74) is 3.43. The van der Waals surface area contributed by atoms with Crippen molar-refractivity contribution in [2.75, 3.05) is 18.9 Å². The van der Waals surface area contributed by atoms with E-state index in [0.29, 0.717) is 0 Å². The van der Waals surface area contributed by atoms with Crippen LogP contribution < -0.4 is 14.2 Å². The fourth-order valence-electron chi connectivity index (χ4n) is 2.23. The summed E-state index contributed by atoms with van der Waals surface area (Å²) in [6, 6.07) is 16.5. The van der Waals surface area contributed by atoms with E-state index in [1.165, 1.54) is 5.56 Å². The first-order valence-electron chi connectivity index (χ1n) is 7.69. The maximum Gasteiger partial charge on any atom is 0.193 e. The zero-order valence-corrected chi connectivity index (χ0v) is 16.4. The number of anilines is 1. The molecule has 4 nitrogen and oxygen atoms in total. The van der Waals surface area contributed by atoms with Crippen molar-refractivity contribution in [2.24, 2.45) is 0 Å². The molecule has 25 heavy (non-hydrogen) atoms. The molecule has 1 heterocycles. The van der Waals surface area contributed by atoms with E-state index >= 15 is 0 Å². The molecule has 0 aliphatic carbocycles. The Kier molecular flexibility index (Phi) is 6.63. The van der Waals surface area contributed by atoms with Crippen LogP contribution in [0.15, 0.2) is 58.8 Å². The molecular weight excluding hydrogens is 370 g/mol. The first-order chi connectivity index (χ1) is 12.3. The van der Waals surface area contributed by atoms with Gasteiger partial charge in [-0.05, 0) is 48.3 Å². The SMILES string of the molecule is CNSCc1csc(NSc2ccccc2-c2ccc(OC)cc2)n1. The Morgan fingerprint density at radius 2 is 1.92 bits per heavy atom. The molecule has 0 fully saturated rings. The van der Waals surface area contributed by atoms with E-state index in [2.05, 4.69) is 50.1 Å². The maximum atomic E-state index is 5.24. The van der Waals surface area contributed by atoms with Crippen LogP contribution >= 0.6 is 35.2 Å². The molecule has 3 rings (SSSR count). The Bertz CT molecular complexity index is 805. The second-order valence-corrected chi connectivity index (χ2v) is 7.76. The molecule has 0 saturated carbocycles. The van der Waals surface area contributed by atoms with Gasteiger partial charge in [-0.1, -0.05) is 42.3 Å². The van der Waals surface area contributed by atoms with Crippen molar-refractivity contribution >= 4 is 40.4 Å². The number of aromatic nitrogens is 1. The monoisotopic (exact) mass is 389 g/mol.